The first-order valence-electron chi connectivity index (χ1n) is 11.5. The number of thiophene rings is 1. The summed E-state index contributed by atoms with van der Waals surface area (Å²) in [5, 5.41) is 20.5. The molecule has 2 aromatic carbocycles. The maximum atomic E-state index is 14.3. The van der Waals surface area contributed by atoms with Gasteiger partial charge in [-0.1, -0.05) is 12.1 Å². The molecule has 0 radical (unpaired) electrons. The molecule has 1 aliphatic rings. The van der Waals surface area contributed by atoms with Gasteiger partial charge in [0, 0.05) is 22.9 Å². The molecule has 0 saturated heterocycles. The average Bonchev–Trinajstić information content (AvgIpc) is 3.30. The molecule has 3 heterocycles. The fourth-order valence-electron chi connectivity index (χ4n) is 4.26. The normalized spacial score (nSPS) is 13.0. The molecular formula is C27H24FNO6S. The van der Waals surface area contributed by atoms with Crippen LogP contribution in [0.3, 0.4) is 0 Å². The number of hydrogen-bond acceptors (Lipinski definition) is 8. The minimum absolute atomic E-state index is 0.0915. The zero-order valence-corrected chi connectivity index (χ0v) is 20.3. The number of methoxy groups -OCH3 is 1. The van der Waals surface area contributed by atoms with E-state index in [1.54, 1.807) is 36.4 Å². The molecule has 2 N–H and O–H groups in total. The third-order valence-electron chi connectivity index (χ3n) is 6.04. The number of halogens is 1. The number of Topliss-reactive ketones (excluding diaryl/α,β-unsaturated/α-hetero) is 1. The Hall–Kier alpha value is -3.53. The fourth-order valence-corrected chi connectivity index (χ4v) is 5.38. The van der Waals surface area contributed by atoms with Crippen molar-refractivity contribution in [3.63, 3.8) is 0 Å². The van der Waals surface area contributed by atoms with Gasteiger partial charge in [-0.05, 0) is 42.8 Å². The molecule has 1 atom stereocenters. The second-order valence-electron chi connectivity index (χ2n) is 8.30. The molecule has 1 unspecified atom stereocenters. The molecule has 0 spiro atoms. The van der Waals surface area contributed by atoms with Gasteiger partial charge in [0.2, 0.25) is 0 Å². The third kappa shape index (κ3) is 4.53. The predicted molar refractivity (Wildman–Crippen MR) is 133 cm³/mol. The van der Waals surface area contributed by atoms with Crippen LogP contribution in [0, 0.1) is 5.82 Å². The van der Waals surface area contributed by atoms with Crippen LogP contribution in [-0.4, -0.2) is 41.3 Å². The number of carbonyl (C=O) groups excluding carboxylic acids is 1. The number of carbonyl (C=O) groups is 1. The molecule has 0 fully saturated rings. The lowest BCUT2D eigenvalue weighted by molar-refractivity contribution is 0.0937. The van der Waals surface area contributed by atoms with E-state index in [4.69, 9.17) is 19.3 Å². The highest BCUT2D eigenvalue weighted by atomic mass is 32.1. The minimum atomic E-state index is -0.972. The predicted octanol–water partition coefficient (Wildman–Crippen LogP) is 5.07. The van der Waals surface area contributed by atoms with Gasteiger partial charge in [-0.25, -0.2) is 9.37 Å². The zero-order chi connectivity index (χ0) is 25.2. The van der Waals surface area contributed by atoms with Crippen molar-refractivity contribution < 1.29 is 33.6 Å². The van der Waals surface area contributed by atoms with E-state index >= 15 is 0 Å². The Morgan fingerprint density at radius 2 is 2.08 bits per heavy atom. The first kappa shape index (κ1) is 24.2. The molecule has 7 nitrogen and oxygen atoms in total. The van der Waals surface area contributed by atoms with Gasteiger partial charge in [0.05, 0.1) is 35.1 Å². The Labute approximate surface area is 210 Å². The van der Waals surface area contributed by atoms with E-state index < -0.39 is 6.10 Å². The standard InChI is InChI=1S/C27H24FNO6S/c1-33-23-13-15(5-9-21(23)34-12-11-30)19(31)7-8-20(32)18-6-10-22-26(29-18)25-16-3-2-4-17(28)27(16)36-24(25)14-35-22/h2-6,9-10,13,20,30,32H,7-8,11-12,14H2,1H3. The van der Waals surface area contributed by atoms with Crippen LogP contribution >= 0.6 is 11.3 Å². The number of ketones is 1. The van der Waals surface area contributed by atoms with Crippen molar-refractivity contribution in [3.8, 4) is 28.5 Å². The first-order chi connectivity index (χ1) is 17.5. The van der Waals surface area contributed by atoms with Gasteiger partial charge >= 0.3 is 0 Å². The van der Waals surface area contributed by atoms with E-state index in [2.05, 4.69) is 4.98 Å². The number of aliphatic hydroxyl groups is 2. The molecule has 36 heavy (non-hydrogen) atoms. The molecule has 0 saturated carbocycles. The molecule has 4 aromatic rings. The summed E-state index contributed by atoms with van der Waals surface area (Å²) in [5.74, 6) is 0.955. The molecule has 0 aliphatic carbocycles. The number of aliphatic hydroxyl groups excluding tert-OH is 2. The number of fused-ring (bicyclic) bond motifs is 5. The SMILES string of the molecule is COc1cc(C(=O)CCC(O)c2ccc3c(n2)-c2c(sc4c(F)cccc24)CO3)ccc1OCCO. The number of rotatable bonds is 9. The quantitative estimate of drug-likeness (QED) is 0.304. The lowest BCUT2D eigenvalue weighted by Gasteiger charge is -2.19. The van der Waals surface area contributed by atoms with Crippen molar-refractivity contribution in [2.45, 2.75) is 25.6 Å². The molecule has 186 valence electrons. The summed E-state index contributed by atoms with van der Waals surface area (Å²) in [7, 11) is 1.47. The van der Waals surface area contributed by atoms with Crippen molar-refractivity contribution in [2.24, 2.45) is 0 Å². The van der Waals surface area contributed by atoms with Crippen molar-refractivity contribution in [1.82, 2.24) is 4.98 Å². The zero-order valence-electron chi connectivity index (χ0n) is 19.5. The van der Waals surface area contributed by atoms with Gasteiger partial charge in [0.25, 0.3) is 0 Å². The van der Waals surface area contributed by atoms with Gasteiger partial charge in [-0.3, -0.25) is 4.79 Å². The second-order valence-corrected chi connectivity index (χ2v) is 9.41. The Morgan fingerprint density at radius 3 is 2.89 bits per heavy atom. The highest BCUT2D eigenvalue weighted by molar-refractivity contribution is 7.19. The van der Waals surface area contributed by atoms with Crippen LogP contribution in [0.5, 0.6) is 17.2 Å². The number of hydrogen-bond donors (Lipinski definition) is 2. The molecule has 2 aromatic heterocycles. The largest absolute Gasteiger partial charge is 0.493 e. The summed E-state index contributed by atoms with van der Waals surface area (Å²) in [6, 6.07) is 13.2. The third-order valence-corrected chi connectivity index (χ3v) is 7.22. The van der Waals surface area contributed by atoms with Crippen LogP contribution < -0.4 is 14.2 Å². The number of ether oxygens (including phenoxy) is 3. The Balaban J connectivity index is 1.34. The summed E-state index contributed by atoms with van der Waals surface area (Å²) >= 11 is 1.35. The minimum Gasteiger partial charge on any atom is -0.493 e. The summed E-state index contributed by atoms with van der Waals surface area (Å²) in [5.41, 5.74) is 2.24. The van der Waals surface area contributed by atoms with Crippen LogP contribution in [0.1, 0.15) is 39.9 Å². The van der Waals surface area contributed by atoms with Crippen molar-refractivity contribution >= 4 is 27.2 Å². The number of nitrogens with zero attached hydrogens (tertiary/aromatic N) is 1. The summed E-state index contributed by atoms with van der Waals surface area (Å²) in [6.45, 7) is 0.324. The van der Waals surface area contributed by atoms with Crippen LogP contribution in [0.15, 0.2) is 48.5 Å². The van der Waals surface area contributed by atoms with Gasteiger partial charge in [0.1, 0.15) is 30.5 Å². The molecule has 0 amide bonds. The van der Waals surface area contributed by atoms with Gasteiger partial charge in [-0.2, -0.15) is 0 Å². The van der Waals surface area contributed by atoms with E-state index in [-0.39, 0.29) is 37.7 Å². The number of pyridine rings is 1. The summed E-state index contributed by atoms with van der Waals surface area (Å²) in [4.78, 5) is 18.3. The monoisotopic (exact) mass is 509 g/mol. The van der Waals surface area contributed by atoms with E-state index in [0.717, 1.165) is 15.8 Å². The maximum Gasteiger partial charge on any atom is 0.163 e. The van der Waals surface area contributed by atoms with Crippen molar-refractivity contribution in [1.29, 1.82) is 0 Å². The highest BCUT2D eigenvalue weighted by Gasteiger charge is 2.26. The van der Waals surface area contributed by atoms with Crippen LogP contribution in [0.2, 0.25) is 0 Å². The molecule has 5 rings (SSSR count). The fraction of sp³-hybridized carbons (Fsp3) is 0.259. The molecule has 1 aliphatic heterocycles. The Bertz CT molecular complexity index is 1440. The Kier molecular flexibility index (Phi) is 6.86. The van der Waals surface area contributed by atoms with Crippen LogP contribution in [-0.2, 0) is 6.61 Å². The highest BCUT2D eigenvalue weighted by Crippen LogP contribution is 2.46. The van der Waals surface area contributed by atoms with Gasteiger partial charge in [-0.15, -0.1) is 11.3 Å². The molecule has 9 heteroatoms. The second kappa shape index (κ2) is 10.2. The summed E-state index contributed by atoms with van der Waals surface area (Å²) in [6.07, 6.45) is -0.711. The van der Waals surface area contributed by atoms with Crippen molar-refractivity contribution in [2.75, 3.05) is 20.3 Å². The topological polar surface area (TPSA) is 98.1 Å². The van der Waals surface area contributed by atoms with E-state index in [1.165, 1.54) is 24.5 Å². The van der Waals surface area contributed by atoms with E-state index in [0.29, 0.717) is 45.5 Å². The van der Waals surface area contributed by atoms with Gasteiger partial charge < -0.3 is 24.4 Å². The van der Waals surface area contributed by atoms with Crippen LogP contribution in [0.4, 0.5) is 4.39 Å². The van der Waals surface area contributed by atoms with Gasteiger partial charge in [0.15, 0.2) is 17.3 Å². The maximum absolute atomic E-state index is 14.3. The average molecular weight is 510 g/mol. The lowest BCUT2D eigenvalue weighted by atomic mass is 10.0. The van der Waals surface area contributed by atoms with E-state index in [1.807, 2.05) is 6.07 Å². The van der Waals surface area contributed by atoms with Crippen molar-refractivity contribution in [3.05, 3.63) is 70.5 Å². The molecule has 0 bridgehead atoms. The molecular weight excluding hydrogens is 485 g/mol. The number of benzene rings is 2. The lowest BCUT2D eigenvalue weighted by Crippen LogP contribution is -2.09. The number of aromatic nitrogens is 1. The Morgan fingerprint density at radius 1 is 1.22 bits per heavy atom. The first-order valence-corrected chi connectivity index (χ1v) is 12.3. The summed E-state index contributed by atoms with van der Waals surface area (Å²) < 4.78 is 31.4. The van der Waals surface area contributed by atoms with Crippen LogP contribution in [0.25, 0.3) is 21.3 Å². The van der Waals surface area contributed by atoms with E-state index in [9.17, 15) is 14.3 Å². The smallest absolute Gasteiger partial charge is 0.163 e.